The van der Waals surface area contributed by atoms with Crippen LogP contribution in [-0.2, 0) is 18.4 Å². The van der Waals surface area contributed by atoms with Crippen molar-refractivity contribution in [2.24, 2.45) is 7.05 Å². The highest BCUT2D eigenvalue weighted by atomic mass is 16.2. The minimum atomic E-state index is 0.0488. The molecule has 2 aromatic rings. The summed E-state index contributed by atoms with van der Waals surface area (Å²) in [6, 6.07) is 9.70. The van der Waals surface area contributed by atoms with E-state index in [1.165, 1.54) is 0 Å². The quantitative estimate of drug-likeness (QED) is 0.884. The fourth-order valence-corrected chi connectivity index (χ4v) is 1.78. The molecule has 0 spiro atoms. The number of aryl methyl sites for hydroxylation is 1. The number of amides is 1. The van der Waals surface area contributed by atoms with Crippen LogP contribution in [-0.4, -0.2) is 34.2 Å². The molecular formula is C14H18N4O. The molecule has 1 aromatic carbocycles. The van der Waals surface area contributed by atoms with Crippen LogP contribution in [0.25, 0.3) is 0 Å². The average Bonchev–Trinajstić information content (AvgIpc) is 2.82. The van der Waals surface area contributed by atoms with Crippen molar-refractivity contribution in [3.63, 3.8) is 0 Å². The zero-order chi connectivity index (χ0) is 13.7. The minimum Gasteiger partial charge on any atom is -0.376 e. The molecule has 19 heavy (non-hydrogen) atoms. The van der Waals surface area contributed by atoms with Crippen LogP contribution in [0.1, 0.15) is 5.56 Å². The molecule has 0 bridgehead atoms. The van der Waals surface area contributed by atoms with Gasteiger partial charge in [0.05, 0.1) is 12.7 Å². The zero-order valence-corrected chi connectivity index (χ0v) is 11.2. The molecule has 1 aromatic heterocycles. The van der Waals surface area contributed by atoms with Crippen molar-refractivity contribution in [2.45, 2.75) is 6.54 Å². The molecule has 0 atom stereocenters. The number of carbonyl (C=O) groups is 1. The topological polar surface area (TPSA) is 50.2 Å². The molecule has 1 N–H and O–H groups in total. The number of likely N-dealkylation sites (N-methyl/N-ethyl adjacent to an activating group) is 1. The number of hydrogen-bond acceptors (Lipinski definition) is 3. The van der Waals surface area contributed by atoms with Gasteiger partial charge in [-0.05, 0) is 12.1 Å². The molecule has 0 saturated heterocycles. The number of anilines is 1. The Morgan fingerprint density at radius 2 is 2.11 bits per heavy atom. The van der Waals surface area contributed by atoms with Crippen molar-refractivity contribution in [2.75, 3.05) is 18.9 Å². The second kappa shape index (κ2) is 6.04. The number of para-hydroxylation sites is 1. The molecule has 100 valence electrons. The summed E-state index contributed by atoms with van der Waals surface area (Å²) in [6.45, 7) is 0.865. The number of nitrogens with zero attached hydrogens (tertiary/aromatic N) is 3. The Bertz CT molecular complexity index is 535. The third-order valence-corrected chi connectivity index (χ3v) is 2.82. The molecule has 5 heteroatoms. The van der Waals surface area contributed by atoms with E-state index < -0.39 is 0 Å². The number of hydrogen-bond donors (Lipinski definition) is 1. The Balaban J connectivity index is 1.82. The van der Waals surface area contributed by atoms with Gasteiger partial charge >= 0.3 is 0 Å². The fraction of sp³-hybridized carbons (Fsp3) is 0.286. The second-order valence-corrected chi connectivity index (χ2v) is 4.49. The smallest absolute Gasteiger partial charge is 0.241 e. The Hall–Kier alpha value is -2.30. The lowest BCUT2D eigenvalue weighted by Gasteiger charge is -2.16. The van der Waals surface area contributed by atoms with E-state index in [0.717, 1.165) is 11.3 Å². The van der Waals surface area contributed by atoms with Crippen molar-refractivity contribution in [3.8, 4) is 0 Å². The Morgan fingerprint density at radius 3 is 2.74 bits per heavy atom. The maximum Gasteiger partial charge on any atom is 0.241 e. The monoisotopic (exact) mass is 258 g/mol. The summed E-state index contributed by atoms with van der Waals surface area (Å²) in [7, 11) is 3.66. The van der Waals surface area contributed by atoms with Gasteiger partial charge in [0.15, 0.2) is 0 Å². The summed E-state index contributed by atoms with van der Waals surface area (Å²) in [5.74, 6) is 0.0488. The molecular weight excluding hydrogens is 240 g/mol. The number of nitrogens with one attached hydrogen (secondary N) is 1. The standard InChI is InChI=1S/C14H18N4O/c1-17(10-12-8-16-18(2)11-12)14(19)9-15-13-6-4-3-5-7-13/h3-8,11,15H,9-10H2,1-2H3. The number of aromatic nitrogens is 2. The first-order chi connectivity index (χ1) is 9.15. The van der Waals surface area contributed by atoms with Crippen molar-refractivity contribution in [1.29, 1.82) is 0 Å². The normalized spacial score (nSPS) is 10.2. The molecule has 1 amide bonds. The third-order valence-electron chi connectivity index (χ3n) is 2.82. The Kier molecular flexibility index (Phi) is 4.18. The van der Waals surface area contributed by atoms with Gasteiger partial charge in [0.1, 0.15) is 0 Å². The van der Waals surface area contributed by atoms with E-state index >= 15 is 0 Å². The third kappa shape index (κ3) is 3.84. The molecule has 0 radical (unpaired) electrons. The maximum atomic E-state index is 12.0. The van der Waals surface area contributed by atoms with Gasteiger partial charge in [-0.15, -0.1) is 0 Å². The highest BCUT2D eigenvalue weighted by molar-refractivity contribution is 5.80. The van der Waals surface area contributed by atoms with Crippen LogP contribution in [0.5, 0.6) is 0 Å². The second-order valence-electron chi connectivity index (χ2n) is 4.49. The van der Waals surface area contributed by atoms with Crippen molar-refractivity contribution in [1.82, 2.24) is 14.7 Å². The van der Waals surface area contributed by atoms with Gasteiger partial charge in [-0.1, -0.05) is 18.2 Å². The van der Waals surface area contributed by atoms with E-state index in [1.54, 1.807) is 22.8 Å². The summed E-state index contributed by atoms with van der Waals surface area (Å²) in [5.41, 5.74) is 1.98. The zero-order valence-electron chi connectivity index (χ0n) is 11.2. The van der Waals surface area contributed by atoms with Gasteiger partial charge in [-0.3, -0.25) is 9.48 Å². The molecule has 0 aliphatic heterocycles. The van der Waals surface area contributed by atoms with E-state index in [2.05, 4.69) is 10.4 Å². The van der Waals surface area contributed by atoms with Gasteiger partial charge < -0.3 is 10.2 Å². The van der Waals surface area contributed by atoms with Crippen LogP contribution < -0.4 is 5.32 Å². The van der Waals surface area contributed by atoms with Crippen molar-refractivity contribution in [3.05, 3.63) is 48.3 Å². The van der Waals surface area contributed by atoms with Crippen molar-refractivity contribution >= 4 is 11.6 Å². The van der Waals surface area contributed by atoms with Crippen LogP contribution in [0.3, 0.4) is 0 Å². The summed E-state index contributed by atoms with van der Waals surface area (Å²) in [6.07, 6.45) is 3.68. The molecule has 0 saturated carbocycles. The summed E-state index contributed by atoms with van der Waals surface area (Å²) >= 11 is 0. The highest BCUT2D eigenvalue weighted by Crippen LogP contribution is 2.05. The molecule has 2 rings (SSSR count). The molecule has 0 unspecified atom stereocenters. The minimum absolute atomic E-state index is 0.0488. The lowest BCUT2D eigenvalue weighted by atomic mass is 10.3. The predicted molar refractivity (Wildman–Crippen MR) is 74.6 cm³/mol. The Labute approximate surface area is 112 Å². The van der Waals surface area contributed by atoms with Gasteiger partial charge in [0, 0.05) is 38.1 Å². The van der Waals surface area contributed by atoms with Crippen LogP contribution in [0.15, 0.2) is 42.7 Å². The van der Waals surface area contributed by atoms with E-state index in [-0.39, 0.29) is 5.91 Å². The lowest BCUT2D eigenvalue weighted by molar-refractivity contribution is -0.128. The summed E-state index contributed by atoms with van der Waals surface area (Å²) < 4.78 is 1.73. The first kappa shape index (κ1) is 13.1. The first-order valence-corrected chi connectivity index (χ1v) is 6.15. The lowest BCUT2D eigenvalue weighted by Crippen LogP contribution is -2.31. The average molecular weight is 258 g/mol. The number of benzene rings is 1. The van der Waals surface area contributed by atoms with Gasteiger partial charge in [0.2, 0.25) is 5.91 Å². The van der Waals surface area contributed by atoms with E-state index in [4.69, 9.17) is 0 Å². The predicted octanol–water partition coefficient (Wildman–Crippen LogP) is 1.49. The molecule has 5 nitrogen and oxygen atoms in total. The van der Waals surface area contributed by atoms with Crippen LogP contribution >= 0.6 is 0 Å². The maximum absolute atomic E-state index is 12.0. The Morgan fingerprint density at radius 1 is 1.37 bits per heavy atom. The number of rotatable bonds is 5. The molecule has 1 heterocycles. The molecule has 0 aliphatic carbocycles. The molecule has 0 aliphatic rings. The van der Waals surface area contributed by atoms with Crippen LogP contribution in [0.2, 0.25) is 0 Å². The number of carbonyl (C=O) groups excluding carboxylic acids is 1. The fourth-order valence-electron chi connectivity index (χ4n) is 1.78. The highest BCUT2D eigenvalue weighted by Gasteiger charge is 2.09. The van der Waals surface area contributed by atoms with Crippen LogP contribution in [0, 0.1) is 0 Å². The SMILES string of the molecule is CN(Cc1cnn(C)c1)C(=O)CNc1ccccc1. The van der Waals surface area contributed by atoms with Gasteiger partial charge in [-0.25, -0.2) is 0 Å². The van der Waals surface area contributed by atoms with E-state index in [1.807, 2.05) is 43.6 Å². The largest absolute Gasteiger partial charge is 0.376 e. The van der Waals surface area contributed by atoms with E-state index in [0.29, 0.717) is 13.1 Å². The van der Waals surface area contributed by atoms with Gasteiger partial charge in [0.25, 0.3) is 0 Å². The van der Waals surface area contributed by atoms with Crippen LogP contribution in [0.4, 0.5) is 5.69 Å². The summed E-state index contributed by atoms with van der Waals surface area (Å²) in [5, 5.41) is 7.19. The van der Waals surface area contributed by atoms with Gasteiger partial charge in [-0.2, -0.15) is 5.10 Å². The van der Waals surface area contributed by atoms with Crippen molar-refractivity contribution < 1.29 is 4.79 Å². The first-order valence-electron chi connectivity index (χ1n) is 6.15. The summed E-state index contributed by atoms with van der Waals surface area (Å²) in [4.78, 5) is 13.7. The molecule has 0 fully saturated rings. The van der Waals surface area contributed by atoms with E-state index in [9.17, 15) is 4.79 Å².